The lowest BCUT2D eigenvalue weighted by molar-refractivity contribution is -0.151. The van der Waals surface area contributed by atoms with Gasteiger partial charge in [0.05, 0.1) is 12.6 Å². The molecule has 0 spiro atoms. The summed E-state index contributed by atoms with van der Waals surface area (Å²) in [6, 6.07) is 7.76. The first-order valence-electron chi connectivity index (χ1n) is 10.9. The summed E-state index contributed by atoms with van der Waals surface area (Å²) < 4.78 is 5.21. The smallest absolute Gasteiger partial charge is 0.326 e. The summed E-state index contributed by atoms with van der Waals surface area (Å²) in [4.78, 5) is 39.1. The molecule has 164 valence electrons. The molecule has 7 heteroatoms. The van der Waals surface area contributed by atoms with E-state index in [1.54, 1.807) is 18.7 Å². The Labute approximate surface area is 177 Å². The molecule has 5 atom stereocenters. The largest absolute Gasteiger partial charge is 0.480 e. The summed E-state index contributed by atoms with van der Waals surface area (Å²) >= 11 is 0. The number of benzene rings is 1. The maximum absolute atomic E-state index is 13.2. The lowest BCUT2D eigenvalue weighted by Crippen LogP contribution is -2.55. The van der Waals surface area contributed by atoms with Gasteiger partial charge >= 0.3 is 11.9 Å². The van der Waals surface area contributed by atoms with Gasteiger partial charge in [-0.15, -0.1) is 0 Å². The third-order valence-electron chi connectivity index (χ3n) is 6.33. The number of nitrogens with zero attached hydrogens (tertiary/aromatic N) is 1. The molecule has 1 aromatic carbocycles. The topological polar surface area (TPSA) is 95.9 Å². The Morgan fingerprint density at radius 3 is 2.63 bits per heavy atom. The minimum atomic E-state index is -0.948. The van der Waals surface area contributed by atoms with Crippen LogP contribution in [0.1, 0.15) is 51.5 Å². The van der Waals surface area contributed by atoms with Gasteiger partial charge < -0.3 is 14.7 Å². The van der Waals surface area contributed by atoms with Crippen molar-refractivity contribution in [1.29, 1.82) is 0 Å². The van der Waals surface area contributed by atoms with Crippen molar-refractivity contribution < 1.29 is 24.2 Å². The predicted octanol–water partition coefficient (Wildman–Crippen LogP) is 2.38. The number of carboxylic acids is 1. The standard InChI is InChI=1S/C23H32N2O5/c1-3-30-23(29)18(13-12-16-8-5-4-6-9-16)24-15(2)21(26)25-19-11-7-10-17(19)14-20(25)22(27)28/h4-6,8-9,15,17-20,24H,3,7,10-14H2,1-2H3,(H,27,28)/t15?,17-,18?,19-,20?/m0/s1. The van der Waals surface area contributed by atoms with E-state index in [4.69, 9.17) is 4.74 Å². The van der Waals surface area contributed by atoms with Crippen molar-refractivity contribution in [2.75, 3.05) is 6.61 Å². The average Bonchev–Trinajstić information content (AvgIpc) is 3.32. The fraction of sp³-hybridized carbons (Fsp3) is 0.609. The number of amides is 1. The van der Waals surface area contributed by atoms with E-state index < -0.39 is 24.1 Å². The second-order valence-corrected chi connectivity index (χ2v) is 8.31. The van der Waals surface area contributed by atoms with E-state index in [-0.39, 0.29) is 30.4 Å². The van der Waals surface area contributed by atoms with Gasteiger partial charge in [0, 0.05) is 6.04 Å². The SMILES string of the molecule is CCOC(=O)C(CCc1ccccc1)NC(C)C(=O)N1C(C(=O)O)C[C@@H]2CCC[C@@H]21. The second kappa shape index (κ2) is 10.1. The Morgan fingerprint density at radius 2 is 1.97 bits per heavy atom. The zero-order valence-corrected chi connectivity index (χ0v) is 17.8. The number of carbonyl (C=O) groups is 3. The Balaban J connectivity index is 1.68. The number of nitrogens with one attached hydrogen (secondary N) is 1. The lowest BCUT2D eigenvalue weighted by atomic mass is 10.0. The van der Waals surface area contributed by atoms with Gasteiger partial charge in [-0.3, -0.25) is 14.9 Å². The molecule has 3 rings (SSSR count). The maximum Gasteiger partial charge on any atom is 0.326 e. The summed E-state index contributed by atoms with van der Waals surface area (Å²) in [6.45, 7) is 3.72. The molecular weight excluding hydrogens is 384 g/mol. The number of hydrogen-bond acceptors (Lipinski definition) is 5. The normalized spacial score (nSPS) is 24.9. The van der Waals surface area contributed by atoms with Crippen LogP contribution in [0.15, 0.2) is 30.3 Å². The number of carboxylic acid groups (broad SMARTS) is 1. The van der Waals surface area contributed by atoms with Crippen LogP contribution >= 0.6 is 0 Å². The Bertz CT molecular complexity index is 753. The summed E-state index contributed by atoms with van der Waals surface area (Å²) in [5.41, 5.74) is 1.10. The highest BCUT2D eigenvalue weighted by atomic mass is 16.5. The molecule has 30 heavy (non-hydrogen) atoms. The first kappa shape index (κ1) is 22.3. The van der Waals surface area contributed by atoms with Crippen molar-refractivity contribution in [3.8, 4) is 0 Å². The highest BCUT2D eigenvalue weighted by Crippen LogP contribution is 2.41. The van der Waals surface area contributed by atoms with Crippen LogP contribution in [-0.4, -0.2) is 58.6 Å². The van der Waals surface area contributed by atoms with E-state index in [1.807, 2.05) is 30.3 Å². The molecule has 1 aliphatic carbocycles. The van der Waals surface area contributed by atoms with Crippen LogP contribution in [0.2, 0.25) is 0 Å². The highest BCUT2D eigenvalue weighted by molar-refractivity contribution is 5.88. The van der Waals surface area contributed by atoms with Crippen molar-refractivity contribution in [2.24, 2.45) is 5.92 Å². The fourth-order valence-electron chi connectivity index (χ4n) is 4.89. The molecule has 1 saturated carbocycles. The molecule has 2 fully saturated rings. The van der Waals surface area contributed by atoms with E-state index in [9.17, 15) is 19.5 Å². The third-order valence-corrected chi connectivity index (χ3v) is 6.33. The van der Waals surface area contributed by atoms with E-state index in [1.165, 1.54) is 0 Å². The van der Waals surface area contributed by atoms with E-state index in [0.717, 1.165) is 24.8 Å². The molecule has 0 radical (unpaired) electrons. The first-order valence-corrected chi connectivity index (χ1v) is 10.9. The van der Waals surface area contributed by atoms with Crippen molar-refractivity contribution in [3.63, 3.8) is 0 Å². The molecular formula is C23H32N2O5. The Hall–Kier alpha value is -2.41. The number of aryl methyl sites for hydroxylation is 1. The molecule has 2 aliphatic rings. The average molecular weight is 417 g/mol. The summed E-state index contributed by atoms with van der Waals surface area (Å²) in [5, 5.41) is 12.8. The van der Waals surface area contributed by atoms with E-state index >= 15 is 0 Å². The van der Waals surface area contributed by atoms with Gasteiger partial charge in [-0.1, -0.05) is 36.8 Å². The molecule has 3 unspecified atom stereocenters. The van der Waals surface area contributed by atoms with Crippen LogP contribution in [0.25, 0.3) is 0 Å². The van der Waals surface area contributed by atoms with Crippen molar-refractivity contribution in [3.05, 3.63) is 35.9 Å². The molecule has 7 nitrogen and oxygen atoms in total. The van der Waals surface area contributed by atoms with Gasteiger partial charge in [-0.2, -0.15) is 0 Å². The number of fused-ring (bicyclic) bond motifs is 1. The quantitative estimate of drug-likeness (QED) is 0.600. The second-order valence-electron chi connectivity index (χ2n) is 8.31. The van der Waals surface area contributed by atoms with Crippen LogP contribution in [0.3, 0.4) is 0 Å². The number of esters is 1. The Morgan fingerprint density at radius 1 is 1.23 bits per heavy atom. The van der Waals surface area contributed by atoms with Crippen molar-refractivity contribution >= 4 is 17.8 Å². The highest BCUT2D eigenvalue weighted by Gasteiger charge is 2.49. The van der Waals surface area contributed by atoms with Gasteiger partial charge in [0.2, 0.25) is 5.91 Å². The summed E-state index contributed by atoms with van der Waals surface area (Å²) in [7, 11) is 0. The van der Waals surface area contributed by atoms with Crippen LogP contribution in [0.4, 0.5) is 0 Å². The zero-order valence-electron chi connectivity index (χ0n) is 17.8. The molecule has 1 aromatic rings. The molecule has 2 N–H and O–H groups in total. The van der Waals surface area contributed by atoms with Gasteiger partial charge in [0.1, 0.15) is 12.1 Å². The third kappa shape index (κ3) is 5.01. The maximum atomic E-state index is 13.2. The number of carbonyl (C=O) groups excluding carboxylic acids is 2. The minimum Gasteiger partial charge on any atom is -0.480 e. The van der Waals surface area contributed by atoms with Gasteiger partial charge in [0.25, 0.3) is 0 Å². The van der Waals surface area contributed by atoms with Gasteiger partial charge in [-0.25, -0.2) is 4.79 Å². The fourth-order valence-corrected chi connectivity index (χ4v) is 4.89. The number of rotatable bonds is 9. The summed E-state index contributed by atoms with van der Waals surface area (Å²) in [6.07, 6.45) is 4.54. The van der Waals surface area contributed by atoms with Crippen LogP contribution in [-0.2, 0) is 25.5 Å². The molecule has 1 saturated heterocycles. The molecule has 1 amide bonds. The summed E-state index contributed by atoms with van der Waals surface area (Å²) in [5.74, 6) is -1.31. The zero-order chi connectivity index (χ0) is 21.7. The van der Waals surface area contributed by atoms with Crippen molar-refractivity contribution in [1.82, 2.24) is 10.2 Å². The molecule has 0 bridgehead atoms. The monoisotopic (exact) mass is 416 g/mol. The molecule has 1 heterocycles. The number of hydrogen-bond donors (Lipinski definition) is 2. The van der Waals surface area contributed by atoms with Crippen LogP contribution in [0.5, 0.6) is 0 Å². The Kier molecular flexibility index (Phi) is 7.48. The number of likely N-dealkylation sites (tertiary alicyclic amines) is 1. The molecule has 0 aromatic heterocycles. The van der Waals surface area contributed by atoms with Gasteiger partial charge in [-0.05, 0) is 57.4 Å². The number of ether oxygens (including phenoxy) is 1. The van der Waals surface area contributed by atoms with E-state index in [0.29, 0.717) is 19.3 Å². The number of aliphatic carboxylic acids is 1. The predicted molar refractivity (Wildman–Crippen MR) is 112 cm³/mol. The first-order chi connectivity index (χ1) is 14.4. The van der Waals surface area contributed by atoms with E-state index in [2.05, 4.69) is 5.32 Å². The van der Waals surface area contributed by atoms with Crippen LogP contribution < -0.4 is 5.32 Å². The lowest BCUT2D eigenvalue weighted by Gasteiger charge is -2.31. The van der Waals surface area contributed by atoms with Crippen LogP contribution in [0, 0.1) is 5.92 Å². The molecule has 1 aliphatic heterocycles. The van der Waals surface area contributed by atoms with Gasteiger partial charge in [0.15, 0.2) is 0 Å². The minimum absolute atomic E-state index is 0.00629. The van der Waals surface area contributed by atoms with Crippen molar-refractivity contribution in [2.45, 2.75) is 76.5 Å².